The van der Waals surface area contributed by atoms with E-state index in [1.807, 2.05) is 6.08 Å². The fourth-order valence-electron chi connectivity index (χ4n) is 9.58. The normalized spacial score (nSPS) is 15.8. The van der Waals surface area contributed by atoms with Gasteiger partial charge in [-0.1, -0.05) is 86.2 Å². The Bertz CT molecular complexity index is 3080. The van der Waals surface area contributed by atoms with Crippen LogP contribution in [-0.2, 0) is 0 Å². The minimum absolute atomic E-state index is 0.323. The topological polar surface area (TPSA) is 35.9 Å². The van der Waals surface area contributed by atoms with Gasteiger partial charge < -0.3 is 14.9 Å². The molecule has 2 atom stereocenters. The van der Waals surface area contributed by atoms with E-state index in [1.165, 1.54) is 110 Å². The van der Waals surface area contributed by atoms with E-state index in [0.29, 0.717) is 11.8 Å². The predicted octanol–water partition coefficient (Wildman–Crippen LogP) is 14.7. The SMILES string of the molecule is C=C(/C=C\C)n1c2ccc(-c3cc(C)ccc3C)cc2c2cc3c(cc21)-c1cc2c(cc1C(C)C3C)c1cc(-c3cc(C)ccc3C)ccc1n2/C(C)=C/C=C\N. The van der Waals surface area contributed by atoms with Crippen molar-refractivity contribution in [1.82, 2.24) is 9.13 Å². The van der Waals surface area contributed by atoms with E-state index in [9.17, 15) is 0 Å². The fraction of sp³-hybridized carbons (Fsp3) is 0.185. The van der Waals surface area contributed by atoms with Gasteiger partial charge in [0.05, 0.1) is 22.1 Å². The van der Waals surface area contributed by atoms with Crippen LogP contribution < -0.4 is 5.73 Å². The summed E-state index contributed by atoms with van der Waals surface area (Å²) in [5, 5.41) is 5.06. The lowest BCUT2D eigenvalue weighted by Gasteiger charge is -2.32. The van der Waals surface area contributed by atoms with Crippen molar-refractivity contribution in [3.63, 3.8) is 0 Å². The Hall–Kier alpha value is -6.32. The summed E-state index contributed by atoms with van der Waals surface area (Å²) in [7, 11) is 0. The number of rotatable bonds is 6. The summed E-state index contributed by atoms with van der Waals surface area (Å²) in [5.74, 6) is 0.646. The number of hydrogen-bond donors (Lipinski definition) is 1. The number of aryl methyl sites for hydroxylation is 4. The zero-order valence-corrected chi connectivity index (χ0v) is 34.5. The molecule has 57 heavy (non-hydrogen) atoms. The molecule has 282 valence electrons. The van der Waals surface area contributed by atoms with E-state index >= 15 is 0 Å². The van der Waals surface area contributed by atoms with Gasteiger partial charge in [0.15, 0.2) is 0 Å². The first kappa shape index (κ1) is 36.3. The molecule has 2 unspecified atom stereocenters. The number of nitrogens with zero attached hydrogens (tertiary/aromatic N) is 2. The van der Waals surface area contributed by atoms with Crippen LogP contribution in [0.2, 0.25) is 0 Å². The molecule has 3 nitrogen and oxygen atoms in total. The van der Waals surface area contributed by atoms with E-state index in [1.54, 1.807) is 6.20 Å². The number of aromatic nitrogens is 2. The lowest BCUT2D eigenvalue weighted by atomic mass is 9.72. The van der Waals surface area contributed by atoms with Crippen LogP contribution in [0.25, 0.3) is 88.4 Å². The van der Waals surface area contributed by atoms with Gasteiger partial charge in [-0.3, -0.25) is 0 Å². The molecule has 1 aliphatic carbocycles. The lowest BCUT2D eigenvalue weighted by molar-refractivity contribution is 0.617. The number of nitrogens with two attached hydrogens (primary N) is 1. The zero-order valence-electron chi connectivity index (χ0n) is 34.5. The highest BCUT2D eigenvalue weighted by atomic mass is 15.0. The molecule has 0 bridgehead atoms. The van der Waals surface area contributed by atoms with Crippen molar-refractivity contribution in [2.75, 3.05) is 0 Å². The Balaban J connectivity index is 1.34. The molecule has 9 rings (SSSR count). The predicted molar refractivity (Wildman–Crippen MR) is 248 cm³/mol. The molecule has 2 heterocycles. The van der Waals surface area contributed by atoms with Gasteiger partial charge in [0.2, 0.25) is 0 Å². The summed E-state index contributed by atoms with van der Waals surface area (Å²) in [6, 6.07) is 37.3. The third-order valence-electron chi connectivity index (χ3n) is 12.7. The van der Waals surface area contributed by atoms with Crippen LogP contribution in [-0.4, -0.2) is 9.13 Å². The molecule has 0 radical (unpaired) electrons. The number of benzene rings is 6. The fourth-order valence-corrected chi connectivity index (χ4v) is 9.58. The molecule has 0 fully saturated rings. The highest BCUT2D eigenvalue weighted by Crippen LogP contribution is 2.51. The first-order valence-corrected chi connectivity index (χ1v) is 20.3. The lowest BCUT2D eigenvalue weighted by Crippen LogP contribution is -2.13. The average Bonchev–Trinajstić information content (AvgIpc) is 3.70. The van der Waals surface area contributed by atoms with Crippen LogP contribution >= 0.6 is 0 Å². The first-order valence-electron chi connectivity index (χ1n) is 20.3. The maximum absolute atomic E-state index is 5.87. The second kappa shape index (κ2) is 13.7. The monoisotopic (exact) mass is 741 g/mol. The summed E-state index contributed by atoms with van der Waals surface area (Å²) in [6.07, 6.45) is 9.84. The van der Waals surface area contributed by atoms with Gasteiger partial charge in [-0.25, -0.2) is 0 Å². The molecule has 8 aromatic rings. The number of allylic oxidation sites excluding steroid dienone is 6. The quantitative estimate of drug-likeness (QED) is 0.169. The molecule has 6 aromatic carbocycles. The Kier molecular flexibility index (Phi) is 8.73. The Labute approximate surface area is 336 Å². The smallest absolute Gasteiger partial charge is 0.0547 e. The number of hydrogen-bond acceptors (Lipinski definition) is 1. The third kappa shape index (κ3) is 5.71. The van der Waals surface area contributed by atoms with E-state index in [4.69, 9.17) is 5.73 Å². The van der Waals surface area contributed by atoms with E-state index in [2.05, 4.69) is 186 Å². The molecule has 0 saturated heterocycles. The van der Waals surface area contributed by atoms with Crippen LogP contribution in [0.1, 0.15) is 72.9 Å². The third-order valence-corrected chi connectivity index (χ3v) is 12.7. The van der Waals surface area contributed by atoms with Gasteiger partial charge in [-0.05, 0) is 182 Å². The average molecular weight is 742 g/mol. The summed E-state index contributed by atoms with van der Waals surface area (Å²) in [5.41, 5.74) is 28.2. The van der Waals surface area contributed by atoms with Crippen LogP contribution in [0.4, 0.5) is 0 Å². The van der Waals surface area contributed by atoms with Gasteiger partial charge in [0.25, 0.3) is 0 Å². The van der Waals surface area contributed by atoms with Crippen molar-refractivity contribution < 1.29 is 0 Å². The molecule has 0 aliphatic heterocycles. The maximum atomic E-state index is 5.87. The minimum atomic E-state index is 0.323. The Morgan fingerprint density at radius 2 is 1.05 bits per heavy atom. The summed E-state index contributed by atoms with van der Waals surface area (Å²) < 4.78 is 4.77. The molecule has 1 aliphatic rings. The van der Waals surface area contributed by atoms with Crippen molar-refractivity contribution >= 4 is 55.0 Å². The van der Waals surface area contributed by atoms with Crippen molar-refractivity contribution in [2.24, 2.45) is 5.73 Å². The highest BCUT2D eigenvalue weighted by Gasteiger charge is 2.31. The van der Waals surface area contributed by atoms with Crippen LogP contribution in [0.5, 0.6) is 0 Å². The molecule has 3 heteroatoms. The molecule has 0 amide bonds. The summed E-state index contributed by atoms with van der Waals surface area (Å²) in [4.78, 5) is 0. The van der Waals surface area contributed by atoms with Gasteiger partial charge in [0, 0.05) is 32.9 Å². The molecular formula is C54H51N3. The summed E-state index contributed by atoms with van der Waals surface area (Å²) >= 11 is 0. The number of fused-ring (bicyclic) bond motifs is 9. The minimum Gasteiger partial charge on any atom is -0.405 e. The van der Waals surface area contributed by atoms with E-state index in [0.717, 1.165) is 11.4 Å². The summed E-state index contributed by atoms with van der Waals surface area (Å²) in [6.45, 7) is 22.4. The molecule has 2 aromatic heterocycles. The van der Waals surface area contributed by atoms with Crippen LogP contribution in [0.15, 0.2) is 134 Å². The largest absolute Gasteiger partial charge is 0.405 e. The van der Waals surface area contributed by atoms with Gasteiger partial charge in [-0.2, -0.15) is 0 Å². The van der Waals surface area contributed by atoms with Gasteiger partial charge >= 0.3 is 0 Å². The Morgan fingerprint density at radius 3 is 1.54 bits per heavy atom. The zero-order chi connectivity index (χ0) is 39.9. The van der Waals surface area contributed by atoms with Crippen molar-refractivity contribution in [2.45, 2.75) is 67.2 Å². The molecular weight excluding hydrogens is 691 g/mol. The highest BCUT2D eigenvalue weighted by molar-refractivity contribution is 6.15. The van der Waals surface area contributed by atoms with Gasteiger partial charge in [-0.15, -0.1) is 0 Å². The standard InChI is InChI=1S/C54H51N3/c1-10-12-35(6)56-51-20-18-39(41-23-31(2)14-16-33(41)4)25-47(51)49-27-43-37(8)38(9)44-28-50-48-26-40(42-24-32(3)15-17-34(42)5)19-21-52(48)57(36(7)13-11-22-55)54(50)30-46(44)45(43)29-53(49)56/h10-30,37-38H,6,55H2,1-5,7-9H3/b12-10-,22-11-,36-13+. The van der Waals surface area contributed by atoms with Gasteiger partial charge in [0.1, 0.15) is 0 Å². The van der Waals surface area contributed by atoms with E-state index in [-0.39, 0.29) is 0 Å². The second-order valence-corrected chi connectivity index (χ2v) is 16.4. The van der Waals surface area contributed by atoms with Crippen molar-refractivity contribution in [3.8, 4) is 33.4 Å². The molecule has 0 saturated carbocycles. The van der Waals surface area contributed by atoms with Crippen LogP contribution in [0.3, 0.4) is 0 Å². The Morgan fingerprint density at radius 1 is 0.579 bits per heavy atom. The second-order valence-electron chi connectivity index (χ2n) is 16.4. The van der Waals surface area contributed by atoms with E-state index < -0.39 is 0 Å². The molecule has 2 N–H and O–H groups in total. The van der Waals surface area contributed by atoms with Crippen molar-refractivity contribution in [1.29, 1.82) is 0 Å². The van der Waals surface area contributed by atoms with Crippen molar-refractivity contribution in [3.05, 3.63) is 168 Å². The van der Waals surface area contributed by atoms with Crippen LogP contribution in [0, 0.1) is 27.7 Å². The molecule has 0 spiro atoms. The first-order chi connectivity index (χ1) is 27.5. The maximum Gasteiger partial charge on any atom is 0.0547 e.